The van der Waals surface area contributed by atoms with Crippen LogP contribution in [0.2, 0.25) is 0 Å². The highest BCUT2D eigenvalue weighted by molar-refractivity contribution is 8.19. The van der Waals surface area contributed by atoms with Crippen LogP contribution in [-0.4, -0.2) is 54.3 Å². The van der Waals surface area contributed by atoms with Gasteiger partial charge in [-0.1, -0.05) is 13.0 Å². The van der Waals surface area contributed by atoms with Crippen LogP contribution in [0.25, 0.3) is 0 Å². The zero-order valence-electron chi connectivity index (χ0n) is 19.5. The molecule has 10 heteroatoms. The van der Waals surface area contributed by atoms with Crippen molar-refractivity contribution in [3.05, 3.63) is 41.5 Å². The molecule has 0 saturated carbocycles. The van der Waals surface area contributed by atoms with E-state index in [9.17, 15) is 8.42 Å². The van der Waals surface area contributed by atoms with Gasteiger partial charge in [0.05, 0.1) is 32.5 Å². The van der Waals surface area contributed by atoms with E-state index in [0.717, 1.165) is 29.6 Å². The molecule has 1 aliphatic heterocycles. The van der Waals surface area contributed by atoms with Crippen molar-refractivity contribution in [3.8, 4) is 28.7 Å². The fraction of sp³-hybridized carbons (Fsp3) is 0.478. The number of ether oxygens (including phenoxy) is 5. The molecule has 0 radical (unpaired) electrons. The van der Waals surface area contributed by atoms with Gasteiger partial charge >= 0.3 is 0 Å². The van der Waals surface area contributed by atoms with E-state index < -0.39 is 15.8 Å². The summed E-state index contributed by atoms with van der Waals surface area (Å²) in [5.74, 6) is 3.36. The monoisotopic (exact) mass is 514 g/mol. The fourth-order valence-corrected chi connectivity index (χ4v) is 6.95. The lowest BCUT2D eigenvalue weighted by atomic mass is 10.1. The first kappa shape index (κ1) is 25.7. The molecule has 182 valence electrons. The van der Waals surface area contributed by atoms with Gasteiger partial charge in [0, 0.05) is 17.3 Å². The summed E-state index contributed by atoms with van der Waals surface area (Å²) in [6, 6.07) is 9.74. The molecule has 0 bridgehead atoms. The zero-order valence-corrected chi connectivity index (χ0v) is 21.9. The minimum absolute atomic E-state index is 0.162. The first-order chi connectivity index (χ1) is 15.8. The zero-order chi connectivity index (χ0) is 24.0. The Morgan fingerprint density at radius 2 is 1.58 bits per heavy atom. The number of rotatable bonds is 11. The molecular weight excluding hydrogens is 484 g/mol. The van der Waals surface area contributed by atoms with Crippen LogP contribution in [0.15, 0.2) is 30.3 Å². The maximum absolute atomic E-state index is 11.6. The number of methoxy groups -OCH3 is 3. The summed E-state index contributed by atoms with van der Waals surface area (Å²) in [5, 5.41) is 0.227. The number of thioether (sulfide) groups is 2. The van der Waals surface area contributed by atoms with Crippen molar-refractivity contribution in [2.75, 3.05) is 45.9 Å². The average molecular weight is 515 g/mol. The highest BCUT2D eigenvalue weighted by Gasteiger charge is 2.30. The molecule has 2 aromatic carbocycles. The molecule has 0 N–H and O–H groups in total. The Balaban J connectivity index is 1.83. The van der Waals surface area contributed by atoms with Crippen LogP contribution < -0.4 is 23.7 Å². The largest absolute Gasteiger partial charge is 0.493 e. The van der Waals surface area contributed by atoms with Crippen LogP contribution in [0, 0.1) is 0 Å². The quantitative estimate of drug-likeness (QED) is 0.407. The van der Waals surface area contributed by atoms with Crippen LogP contribution in [0.4, 0.5) is 0 Å². The molecule has 2 atom stereocenters. The van der Waals surface area contributed by atoms with Gasteiger partial charge < -0.3 is 23.7 Å². The van der Waals surface area contributed by atoms with Gasteiger partial charge in [0.2, 0.25) is 5.75 Å². The Labute approximate surface area is 204 Å². The van der Waals surface area contributed by atoms with E-state index in [4.69, 9.17) is 23.7 Å². The second kappa shape index (κ2) is 11.5. The highest BCUT2D eigenvalue weighted by atomic mass is 32.2. The van der Waals surface area contributed by atoms with Gasteiger partial charge in [-0.05, 0) is 41.8 Å². The second-order valence-corrected chi connectivity index (χ2v) is 12.3. The lowest BCUT2D eigenvalue weighted by molar-refractivity contribution is 0.288. The molecule has 1 aliphatic rings. The van der Waals surface area contributed by atoms with E-state index in [1.165, 1.54) is 0 Å². The van der Waals surface area contributed by atoms with Gasteiger partial charge in [0.25, 0.3) is 0 Å². The van der Waals surface area contributed by atoms with Crippen molar-refractivity contribution in [2.45, 2.75) is 23.2 Å². The summed E-state index contributed by atoms with van der Waals surface area (Å²) in [6.45, 7) is 2.55. The Hall–Kier alpha value is -1.91. The summed E-state index contributed by atoms with van der Waals surface area (Å²) in [6.07, 6.45) is 1.99. The Kier molecular flexibility index (Phi) is 8.95. The van der Waals surface area contributed by atoms with Gasteiger partial charge in [0.1, 0.15) is 0 Å². The van der Waals surface area contributed by atoms with Gasteiger partial charge in [-0.25, -0.2) is 8.42 Å². The summed E-state index contributed by atoms with van der Waals surface area (Å²) in [4.78, 5) is 0. The Morgan fingerprint density at radius 3 is 2.15 bits per heavy atom. The van der Waals surface area contributed by atoms with Crippen molar-refractivity contribution < 1.29 is 32.1 Å². The normalized spacial score (nSPS) is 18.1. The van der Waals surface area contributed by atoms with Crippen LogP contribution in [0.1, 0.15) is 34.3 Å². The molecule has 0 aliphatic carbocycles. The molecule has 33 heavy (non-hydrogen) atoms. The SMILES string of the molecule is CCCOc1ccc(C2SCC(c3cc(OC)c(OC)c(OC)c3)S2)cc1OCS(C)(=O)=O. The first-order valence-electron chi connectivity index (χ1n) is 10.4. The smallest absolute Gasteiger partial charge is 0.203 e. The minimum Gasteiger partial charge on any atom is -0.493 e. The summed E-state index contributed by atoms with van der Waals surface area (Å²) in [5.41, 5.74) is 2.15. The summed E-state index contributed by atoms with van der Waals surface area (Å²) >= 11 is 3.65. The molecule has 0 spiro atoms. The van der Waals surface area contributed by atoms with Gasteiger partial charge in [-0.3, -0.25) is 0 Å². The molecular formula is C23H30O7S3. The fourth-order valence-electron chi connectivity index (χ4n) is 3.33. The van der Waals surface area contributed by atoms with E-state index in [1.54, 1.807) is 21.3 Å². The van der Waals surface area contributed by atoms with Crippen molar-refractivity contribution in [3.63, 3.8) is 0 Å². The van der Waals surface area contributed by atoms with Crippen molar-refractivity contribution in [2.24, 2.45) is 0 Å². The predicted octanol–water partition coefficient (Wildman–Crippen LogP) is 5.10. The third kappa shape index (κ3) is 6.58. The topological polar surface area (TPSA) is 80.3 Å². The molecule has 2 unspecified atom stereocenters. The Morgan fingerprint density at radius 1 is 0.909 bits per heavy atom. The average Bonchev–Trinajstić information content (AvgIpc) is 3.30. The Bertz CT molecular complexity index is 1030. The summed E-state index contributed by atoms with van der Waals surface area (Å²) in [7, 11) is 1.54. The molecule has 2 aromatic rings. The number of benzene rings is 2. The third-order valence-electron chi connectivity index (χ3n) is 4.88. The molecule has 1 heterocycles. The van der Waals surface area contributed by atoms with Crippen molar-refractivity contribution in [1.29, 1.82) is 0 Å². The lowest BCUT2D eigenvalue weighted by Crippen LogP contribution is -2.11. The van der Waals surface area contributed by atoms with E-state index >= 15 is 0 Å². The molecule has 3 rings (SSSR count). The van der Waals surface area contributed by atoms with Crippen molar-refractivity contribution >= 4 is 33.4 Å². The molecule has 1 fully saturated rings. The second-order valence-electron chi connectivity index (χ2n) is 7.49. The third-order valence-corrected chi connectivity index (χ3v) is 8.76. The maximum Gasteiger partial charge on any atom is 0.203 e. The van der Waals surface area contributed by atoms with E-state index in [0.29, 0.717) is 35.4 Å². The van der Waals surface area contributed by atoms with Crippen LogP contribution in [0.3, 0.4) is 0 Å². The number of hydrogen-bond donors (Lipinski definition) is 0. The highest BCUT2D eigenvalue weighted by Crippen LogP contribution is 2.57. The van der Waals surface area contributed by atoms with Gasteiger partial charge in [-0.2, -0.15) is 0 Å². The first-order valence-corrected chi connectivity index (χ1v) is 14.5. The van der Waals surface area contributed by atoms with Crippen LogP contribution in [0.5, 0.6) is 28.7 Å². The number of sulfone groups is 1. The van der Waals surface area contributed by atoms with Gasteiger partial charge in [0.15, 0.2) is 38.8 Å². The molecule has 0 aromatic heterocycles. The summed E-state index contributed by atoms with van der Waals surface area (Å²) < 4.78 is 51.2. The van der Waals surface area contributed by atoms with E-state index in [2.05, 4.69) is 0 Å². The predicted molar refractivity (Wildman–Crippen MR) is 134 cm³/mol. The molecule has 0 amide bonds. The minimum atomic E-state index is -3.28. The standard InChI is InChI=1S/C23H30O7S3/c1-6-9-29-17-8-7-15(10-18(17)30-14-33(5,24)25)23-31-13-21(32-23)16-11-19(26-2)22(28-4)20(12-16)27-3/h7-8,10-12,21,23H,6,9,13-14H2,1-5H3. The molecule has 1 saturated heterocycles. The van der Waals surface area contributed by atoms with Crippen LogP contribution >= 0.6 is 23.5 Å². The van der Waals surface area contributed by atoms with E-state index in [1.807, 2.05) is 60.8 Å². The van der Waals surface area contributed by atoms with Crippen LogP contribution in [-0.2, 0) is 9.84 Å². The number of hydrogen-bond acceptors (Lipinski definition) is 9. The van der Waals surface area contributed by atoms with E-state index in [-0.39, 0.29) is 9.83 Å². The lowest BCUT2D eigenvalue weighted by Gasteiger charge is -2.18. The van der Waals surface area contributed by atoms with Gasteiger partial charge in [-0.15, -0.1) is 23.5 Å². The maximum atomic E-state index is 11.6. The molecule has 7 nitrogen and oxygen atoms in total. The van der Waals surface area contributed by atoms with Crippen molar-refractivity contribution in [1.82, 2.24) is 0 Å².